The molecule has 1 aliphatic carbocycles. The van der Waals surface area contributed by atoms with Crippen LogP contribution in [0.1, 0.15) is 62.2 Å². The predicted molar refractivity (Wildman–Crippen MR) is 76.4 cm³/mol. The lowest BCUT2D eigenvalue weighted by Gasteiger charge is -2.20. The third-order valence-corrected chi connectivity index (χ3v) is 4.64. The van der Waals surface area contributed by atoms with Crippen molar-refractivity contribution in [2.24, 2.45) is 5.92 Å². The van der Waals surface area contributed by atoms with Gasteiger partial charge in [0.1, 0.15) is 5.75 Å². The minimum atomic E-state index is -0.351. The van der Waals surface area contributed by atoms with E-state index in [1.807, 2.05) is 6.07 Å². The highest BCUT2D eigenvalue weighted by atomic mass is 16.5. The Labute approximate surface area is 115 Å². The number of aliphatic hydroxyl groups excluding tert-OH is 1. The molecule has 1 aromatic rings. The smallest absolute Gasteiger partial charge is 0.128 e. The van der Waals surface area contributed by atoms with E-state index in [1.165, 1.54) is 44.1 Å². The monoisotopic (exact) mass is 260 g/mol. The third-order valence-electron chi connectivity index (χ3n) is 4.64. The number of para-hydroxylation sites is 1. The maximum atomic E-state index is 10.5. The van der Waals surface area contributed by atoms with Crippen molar-refractivity contribution in [2.45, 2.75) is 57.5 Å². The molecule has 0 amide bonds. The van der Waals surface area contributed by atoms with Crippen LogP contribution in [0.15, 0.2) is 18.2 Å². The van der Waals surface area contributed by atoms with E-state index in [9.17, 15) is 5.11 Å². The van der Waals surface area contributed by atoms with E-state index in [-0.39, 0.29) is 6.10 Å². The molecule has 1 N–H and O–H groups in total. The van der Waals surface area contributed by atoms with E-state index in [0.29, 0.717) is 5.92 Å². The molecular formula is C17H24O2. The molecule has 19 heavy (non-hydrogen) atoms. The van der Waals surface area contributed by atoms with Gasteiger partial charge in [0.15, 0.2) is 0 Å². The first-order chi connectivity index (χ1) is 9.34. The predicted octanol–water partition coefficient (Wildman–Crippen LogP) is 4.02. The van der Waals surface area contributed by atoms with Gasteiger partial charge in [0.2, 0.25) is 0 Å². The van der Waals surface area contributed by atoms with E-state index in [4.69, 9.17) is 4.74 Å². The lowest BCUT2D eigenvalue weighted by atomic mass is 9.90. The number of fused-ring (bicyclic) bond motifs is 1. The average Bonchev–Trinajstić information content (AvgIpc) is 2.76. The Hall–Kier alpha value is -1.02. The van der Waals surface area contributed by atoms with Gasteiger partial charge in [-0.1, -0.05) is 56.7 Å². The molecule has 1 aromatic carbocycles. The van der Waals surface area contributed by atoms with Gasteiger partial charge < -0.3 is 9.84 Å². The van der Waals surface area contributed by atoms with Crippen molar-refractivity contribution in [1.29, 1.82) is 0 Å². The highest BCUT2D eigenvalue weighted by Gasteiger charge is 2.23. The van der Waals surface area contributed by atoms with Gasteiger partial charge in [0, 0.05) is 12.0 Å². The molecule has 2 aliphatic rings. The fraction of sp³-hybridized carbons (Fsp3) is 0.647. The zero-order chi connectivity index (χ0) is 13.1. The van der Waals surface area contributed by atoms with Crippen molar-refractivity contribution >= 4 is 0 Å². The minimum absolute atomic E-state index is 0.351. The number of hydrogen-bond acceptors (Lipinski definition) is 2. The molecule has 1 unspecified atom stereocenters. The summed E-state index contributed by atoms with van der Waals surface area (Å²) in [5.41, 5.74) is 2.27. The number of hydrogen-bond donors (Lipinski definition) is 1. The summed E-state index contributed by atoms with van der Waals surface area (Å²) in [6, 6.07) is 6.20. The Kier molecular flexibility index (Phi) is 4.07. The second kappa shape index (κ2) is 5.96. The standard InChI is InChI=1S/C17H24O2/c18-16(12-13-6-3-1-2-4-7-13)15-9-5-8-14-10-11-19-17(14)15/h5,8-9,13,16,18H,1-4,6-7,10-12H2. The summed E-state index contributed by atoms with van der Waals surface area (Å²) in [6.07, 6.45) is 9.52. The molecule has 1 saturated carbocycles. The largest absolute Gasteiger partial charge is 0.493 e. The Morgan fingerprint density at radius 3 is 2.74 bits per heavy atom. The van der Waals surface area contributed by atoms with E-state index in [2.05, 4.69) is 12.1 Å². The van der Waals surface area contributed by atoms with Crippen molar-refractivity contribution in [3.8, 4) is 5.75 Å². The number of benzene rings is 1. The average molecular weight is 260 g/mol. The Morgan fingerprint density at radius 2 is 1.95 bits per heavy atom. The lowest BCUT2D eigenvalue weighted by Crippen LogP contribution is -2.08. The molecule has 0 bridgehead atoms. The highest BCUT2D eigenvalue weighted by molar-refractivity contribution is 5.45. The normalized spacial score (nSPS) is 21.5. The van der Waals surface area contributed by atoms with Crippen LogP contribution in [0.4, 0.5) is 0 Å². The first-order valence-electron chi connectivity index (χ1n) is 7.77. The van der Waals surface area contributed by atoms with Crippen LogP contribution >= 0.6 is 0 Å². The third kappa shape index (κ3) is 2.94. The molecule has 104 valence electrons. The van der Waals surface area contributed by atoms with Crippen LogP contribution in [0.3, 0.4) is 0 Å². The number of aliphatic hydroxyl groups is 1. The first kappa shape index (κ1) is 13.0. The van der Waals surface area contributed by atoms with E-state index in [1.54, 1.807) is 0 Å². The number of ether oxygens (including phenoxy) is 1. The van der Waals surface area contributed by atoms with Gasteiger partial charge >= 0.3 is 0 Å². The molecule has 1 atom stereocenters. The SMILES string of the molecule is OC(CC1CCCCCC1)c1cccc2c1OCC2. The van der Waals surface area contributed by atoms with Gasteiger partial charge in [-0.05, 0) is 17.9 Å². The van der Waals surface area contributed by atoms with Crippen LogP contribution in [0, 0.1) is 5.92 Å². The summed E-state index contributed by atoms with van der Waals surface area (Å²) in [7, 11) is 0. The zero-order valence-corrected chi connectivity index (χ0v) is 11.6. The van der Waals surface area contributed by atoms with E-state index >= 15 is 0 Å². The Balaban J connectivity index is 1.70. The van der Waals surface area contributed by atoms with Crippen LogP contribution in [-0.2, 0) is 6.42 Å². The number of rotatable bonds is 3. The summed E-state index contributed by atoms with van der Waals surface area (Å²) in [6.45, 7) is 0.766. The van der Waals surface area contributed by atoms with E-state index in [0.717, 1.165) is 30.8 Å². The second-order valence-electron chi connectivity index (χ2n) is 6.04. The highest BCUT2D eigenvalue weighted by Crippen LogP contribution is 2.37. The van der Waals surface area contributed by atoms with Gasteiger partial charge in [-0.25, -0.2) is 0 Å². The fourth-order valence-electron chi connectivity index (χ4n) is 3.55. The molecule has 0 spiro atoms. The summed E-state index contributed by atoms with van der Waals surface area (Å²) < 4.78 is 5.70. The van der Waals surface area contributed by atoms with Gasteiger partial charge in [0.05, 0.1) is 12.7 Å². The van der Waals surface area contributed by atoms with Crippen LogP contribution in [0.2, 0.25) is 0 Å². The van der Waals surface area contributed by atoms with Crippen molar-refractivity contribution in [3.63, 3.8) is 0 Å². The van der Waals surface area contributed by atoms with Crippen molar-refractivity contribution < 1.29 is 9.84 Å². The summed E-state index contributed by atoms with van der Waals surface area (Å²) in [5, 5.41) is 10.5. The van der Waals surface area contributed by atoms with Gasteiger partial charge in [-0.2, -0.15) is 0 Å². The lowest BCUT2D eigenvalue weighted by molar-refractivity contribution is 0.135. The molecule has 0 aromatic heterocycles. The molecule has 2 nitrogen and oxygen atoms in total. The van der Waals surface area contributed by atoms with Crippen LogP contribution in [0.25, 0.3) is 0 Å². The quantitative estimate of drug-likeness (QED) is 0.832. The van der Waals surface area contributed by atoms with Crippen LogP contribution in [-0.4, -0.2) is 11.7 Å². The summed E-state index contributed by atoms with van der Waals surface area (Å²) >= 11 is 0. The fourth-order valence-corrected chi connectivity index (χ4v) is 3.55. The first-order valence-corrected chi connectivity index (χ1v) is 7.77. The second-order valence-corrected chi connectivity index (χ2v) is 6.04. The van der Waals surface area contributed by atoms with Crippen molar-refractivity contribution in [2.75, 3.05) is 6.61 Å². The molecule has 2 heteroatoms. The molecule has 0 saturated heterocycles. The molecule has 1 fully saturated rings. The summed E-state index contributed by atoms with van der Waals surface area (Å²) in [5.74, 6) is 1.65. The molecular weight excluding hydrogens is 236 g/mol. The minimum Gasteiger partial charge on any atom is -0.493 e. The van der Waals surface area contributed by atoms with Crippen molar-refractivity contribution in [1.82, 2.24) is 0 Å². The van der Waals surface area contributed by atoms with Crippen molar-refractivity contribution in [3.05, 3.63) is 29.3 Å². The van der Waals surface area contributed by atoms with Gasteiger partial charge in [-0.15, -0.1) is 0 Å². The van der Waals surface area contributed by atoms with E-state index < -0.39 is 0 Å². The van der Waals surface area contributed by atoms with Gasteiger partial charge in [0.25, 0.3) is 0 Å². The van der Waals surface area contributed by atoms with Crippen LogP contribution < -0.4 is 4.74 Å². The van der Waals surface area contributed by atoms with Crippen LogP contribution in [0.5, 0.6) is 5.75 Å². The maximum absolute atomic E-state index is 10.5. The topological polar surface area (TPSA) is 29.5 Å². The Bertz CT molecular complexity index is 419. The summed E-state index contributed by atoms with van der Waals surface area (Å²) in [4.78, 5) is 0. The maximum Gasteiger partial charge on any atom is 0.128 e. The zero-order valence-electron chi connectivity index (χ0n) is 11.6. The molecule has 0 radical (unpaired) electrons. The molecule has 1 heterocycles. The molecule has 3 rings (SSSR count). The van der Waals surface area contributed by atoms with Gasteiger partial charge in [-0.3, -0.25) is 0 Å². The molecule has 1 aliphatic heterocycles. The Morgan fingerprint density at radius 1 is 1.16 bits per heavy atom.